The van der Waals surface area contributed by atoms with Gasteiger partial charge in [-0.05, 0) is 42.4 Å². The van der Waals surface area contributed by atoms with Crippen molar-refractivity contribution < 1.29 is 14.6 Å². The van der Waals surface area contributed by atoms with Crippen LogP contribution in [-0.4, -0.2) is 35.1 Å². The molecule has 5 heteroatoms. The molecular formula is C16H18N2O3. The zero-order valence-electron chi connectivity index (χ0n) is 12.1. The summed E-state index contributed by atoms with van der Waals surface area (Å²) in [4.78, 5) is 17.3. The predicted octanol–water partition coefficient (Wildman–Crippen LogP) is 2.42. The Morgan fingerprint density at radius 2 is 1.86 bits per heavy atom. The van der Waals surface area contributed by atoms with Crippen LogP contribution in [0.2, 0.25) is 0 Å². The lowest BCUT2D eigenvalue weighted by Gasteiger charge is -2.17. The van der Waals surface area contributed by atoms with E-state index >= 15 is 0 Å². The van der Waals surface area contributed by atoms with Gasteiger partial charge in [0.2, 0.25) is 0 Å². The van der Waals surface area contributed by atoms with Gasteiger partial charge < -0.3 is 9.84 Å². The molecule has 2 rings (SSSR count). The van der Waals surface area contributed by atoms with Gasteiger partial charge in [0.1, 0.15) is 11.3 Å². The average Bonchev–Trinajstić information content (AvgIpc) is 2.48. The van der Waals surface area contributed by atoms with Crippen molar-refractivity contribution in [3.05, 3.63) is 59.4 Å². The fraction of sp³-hybridized carbons (Fsp3) is 0.250. The van der Waals surface area contributed by atoms with E-state index in [0.29, 0.717) is 12.3 Å². The van der Waals surface area contributed by atoms with Crippen molar-refractivity contribution in [1.82, 2.24) is 9.88 Å². The summed E-state index contributed by atoms with van der Waals surface area (Å²) in [5, 5.41) is 9.19. The first-order valence-corrected chi connectivity index (χ1v) is 6.58. The molecule has 1 aromatic heterocycles. The van der Waals surface area contributed by atoms with Gasteiger partial charge in [0.25, 0.3) is 0 Å². The molecule has 0 spiro atoms. The summed E-state index contributed by atoms with van der Waals surface area (Å²) < 4.78 is 5.06. The minimum Gasteiger partial charge on any atom is -0.496 e. The lowest BCUT2D eigenvalue weighted by atomic mass is 10.1. The molecular weight excluding hydrogens is 268 g/mol. The molecule has 0 bridgehead atoms. The highest BCUT2D eigenvalue weighted by atomic mass is 16.5. The number of nitrogens with zero attached hydrogens (tertiary/aromatic N) is 2. The van der Waals surface area contributed by atoms with E-state index < -0.39 is 5.97 Å². The number of ether oxygens (including phenoxy) is 1. The van der Waals surface area contributed by atoms with Gasteiger partial charge >= 0.3 is 5.97 Å². The van der Waals surface area contributed by atoms with Crippen LogP contribution in [0.15, 0.2) is 42.7 Å². The smallest absolute Gasteiger partial charge is 0.339 e. The molecule has 0 saturated heterocycles. The summed E-state index contributed by atoms with van der Waals surface area (Å²) in [6.45, 7) is 1.43. The van der Waals surface area contributed by atoms with Crippen LogP contribution in [0.3, 0.4) is 0 Å². The van der Waals surface area contributed by atoms with Crippen molar-refractivity contribution in [2.24, 2.45) is 0 Å². The fourth-order valence-electron chi connectivity index (χ4n) is 2.19. The maximum atomic E-state index is 11.2. The molecule has 1 aromatic carbocycles. The van der Waals surface area contributed by atoms with Gasteiger partial charge in [-0.15, -0.1) is 0 Å². The van der Waals surface area contributed by atoms with Crippen LogP contribution in [-0.2, 0) is 13.1 Å². The van der Waals surface area contributed by atoms with Gasteiger partial charge in [-0.25, -0.2) is 4.79 Å². The van der Waals surface area contributed by atoms with Crippen LogP contribution >= 0.6 is 0 Å². The summed E-state index contributed by atoms with van der Waals surface area (Å²) in [5.74, 6) is -0.603. The molecule has 1 N–H and O–H groups in total. The fourth-order valence-corrected chi connectivity index (χ4v) is 2.19. The molecule has 0 fully saturated rings. The summed E-state index contributed by atoms with van der Waals surface area (Å²) in [6, 6.07) is 9.16. The Morgan fingerprint density at radius 1 is 1.19 bits per heavy atom. The highest BCUT2D eigenvalue weighted by Crippen LogP contribution is 2.20. The molecule has 21 heavy (non-hydrogen) atoms. The van der Waals surface area contributed by atoms with E-state index in [1.807, 2.05) is 25.2 Å². The number of carboxylic acid groups (broad SMARTS) is 1. The maximum Gasteiger partial charge on any atom is 0.339 e. The number of hydrogen-bond acceptors (Lipinski definition) is 4. The van der Waals surface area contributed by atoms with Gasteiger partial charge in [0.05, 0.1) is 7.11 Å². The van der Waals surface area contributed by atoms with Crippen LogP contribution in [0, 0.1) is 0 Å². The van der Waals surface area contributed by atoms with Crippen molar-refractivity contribution in [2.75, 3.05) is 14.2 Å². The Bertz CT molecular complexity index is 614. The second kappa shape index (κ2) is 6.85. The highest BCUT2D eigenvalue weighted by molar-refractivity contribution is 5.91. The third kappa shape index (κ3) is 4.03. The minimum atomic E-state index is -0.981. The van der Waals surface area contributed by atoms with E-state index in [-0.39, 0.29) is 5.56 Å². The summed E-state index contributed by atoms with van der Waals surface area (Å²) in [7, 11) is 3.46. The molecule has 0 aliphatic rings. The zero-order valence-corrected chi connectivity index (χ0v) is 12.1. The number of benzene rings is 1. The normalized spacial score (nSPS) is 10.6. The van der Waals surface area contributed by atoms with E-state index in [9.17, 15) is 9.90 Å². The molecule has 0 saturated carbocycles. The van der Waals surface area contributed by atoms with E-state index in [0.717, 1.165) is 12.1 Å². The Morgan fingerprint density at radius 3 is 2.48 bits per heavy atom. The lowest BCUT2D eigenvalue weighted by Crippen LogP contribution is -2.17. The Labute approximate surface area is 123 Å². The molecule has 1 heterocycles. The molecule has 0 radical (unpaired) electrons. The van der Waals surface area contributed by atoms with E-state index in [1.165, 1.54) is 12.7 Å². The van der Waals surface area contributed by atoms with Gasteiger partial charge in [-0.3, -0.25) is 9.88 Å². The first-order valence-electron chi connectivity index (χ1n) is 6.58. The molecule has 2 aromatic rings. The van der Waals surface area contributed by atoms with Crippen molar-refractivity contribution in [1.29, 1.82) is 0 Å². The van der Waals surface area contributed by atoms with E-state index in [2.05, 4.69) is 9.88 Å². The molecule has 0 amide bonds. The third-order valence-corrected chi connectivity index (χ3v) is 3.15. The number of hydrogen-bond donors (Lipinski definition) is 1. The summed E-state index contributed by atoms with van der Waals surface area (Å²) in [6.07, 6.45) is 3.53. The third-order valence-electron chi connectivity index (χ3n) is 3.15. The van der Waals surface area contributed by atoms with Crippen molar-refractivity contribution in [3.8, 4) is 5.75 Å². The molecule has 0 aliphatic heterocycles. The summed E-state index contributed by atoms with van der Waals surface area (Å²) in [5.41, 5.74) is 2.29. The zero-order chi connectivity index (χ0) is 15.2. The van der Waals surface area contributed by atoms with Crippen molar-refractivity contribution >= 4 is 5.97 Å². The second-order valence-corrected chi connectivity index (χ2v) is 4.87. The largest absolute Gasteiger partial charge is 0.496 e. The van der Waals surface area contributed by atoms with Gasteiger partial charge in [0, 0.05) is 25.5 Å². The Kier molecular flexibility index (Phi) is 4.90. The Balaban J connectivity index is 2.09. The molecule has 0 aliphatic carbocycles. The quantitative estimate of drug-likeness (QED) is 0.883. The second-order valence-electron chi connectivity index (χ2n) is 4.87. The first-order chi connectivity index (χ1) is 10.1. The minimum absolute atomic E-state index is 0.187. The average molecular weight is 286 g/mol. The van der Waals surface area contributed by atoms with Gasteiger partial charge in [-0.2, -0.15) is 0 Å². The highest BCUT2D eigenvalue weighted by Gasteiger charge is 2.12. The van der Waals surface area contributed by atoms with E-state index in [4.69, 9.17) is 4.74 Å². The maximum absolute atomic E-state index is 11.2. The topological polar surface area (TPSA) is 62.7 Å². The predicted molar refractivity (Wildman–Crippen MR) is 79.4 cm³/mol. The molecule has 110 valence electrons. The van der Waals surface area contributed by atoms with Crippen LogP contribution in [0.1, 0.15) is 21.5 Å². The number of pyridine rings is 1. The lowest BCUT2D eigenvalue weighted by molar-refractivity contribution is 0.0693. The number of methoxy groups -OCH3 is 1. The van der Waals surface area contributed by atoms with Gasteiger partial charge in [0.15, 0.2) is 0 Å². The number of rotatable bonds is 6. The van der Waals surface area contributed by atoms with Crippen LogP contribution in [0.4, 0.5) is 0 Å². The van der Waals surface area contributed by atoms with Crippen LogP contribution in [0.25, 0.3) is 0 Å². The summed E-state index contributed by atoms with van der Waals surface area (Å²) >= 11 is 0. The molecule has 0 atom stereocenters. The van der Waals surface area contributed by atoms with Crippen molar-refractivity contribution in [3.63, 3.8) is 0 Å². The van der Waals surface area contributed by atoms with E-state index in [1.54, 1.807) is 24.5 Å². The van der Waals surface area contributed by atoms with Gasteiger partial charge in [-0.1, -0.05) is 6.07 Å². The number of carboxylic acids is 1. The Hall–Kier alpha value is -2.40. The molecule has 5 nitrogen and oxygen atoms in total. The molecule has 0 unspecified atom stereocenters. The SMILES string of the molecule is COc1ccc(CN(C)Cc2ccncc2)cc1C(=O)O. The monoisotopic (exact) mass is 286 g/mol. The van der Waals surface area contributed by atoms with Crippen LogP contribution in [0.5, 0.6) is 5.75 Å². The first kappa shape index (κ1) is 15.0. The van der Waals surface area contributed by atoms with Crippen molar-refractivity contribution in [2.45, 2.75) is 13.1 Å². The number of aromatic carboxylic acids is 1. The standard InChI is InChI=1S/C16H18N2O3/c1-18(10-12-5-7-17-8-6-12)11-13-3-4-15(21-2)14(9-13)16(19)20/h3-9H,10-11H2,1-2H3,(H,19,20). The van der Waals surface area contributed by atoms with Crippen LogP contribution < -0.4 is 4.74 Å². The number of aromatic nitrogens is 1. The number of carbonyl (C=O) groups is 1.